The van der Waals surface area contributed by atoms with Crippen LogP contribution < -0.4 is 5.43 Å². The van der Waals surface area contributed by atoms with Crippen LogP contribution in [-0.4, -0.2) is 0 Å². The monoisotopic (exact) mass is 356 g/mol. The van der Waals surface area contributed by atoms with Crippen LogP contribution in [-0.2, 0) is 12.8 Å². The van der Waals surface area contributed by atoms with Gasteiger partial charge < -0.3 is 4.42 Å². The van der Waals surface area contributed by atoms with Crippen molar-refractivity contribution in [2.75, 3.05) is 0 Å². The first kappa shape index (κ1) is 13.6. The third-order valence-corrected chi connectivity index (χ3v) is 3.68. The molecule has 1 heterocycles. The fraction of sp³-hybridized carbons (Fsp3) is 0.400. The standard InChI is InChI=1S/C15H17IO2/c1-3-5-11-13(6-4-2)18-14-8-7-10(16)9-12(14)15(11)17/h7-9H,3-6H2,1-2H3. The maximum Gasteiger partial charge on any atom is 0.196 e. The number of rotatable bonds is 4. The number of fused-ring (bicyclic) bond motifs is 1. The van der Waals surface area contributed by atoms with Crippen LogP contribution in [0.25, 0.3) is 11.0 Å². The number of hydrogen-bond acceptors (Lipinski definition) is 2. The highest BCUT2D eigenvalue weighted by Crippen LogP contribution is 2.20. The van der Waals surface area contributed by atoms with Gasteiger partial charge >= 0.3 is 0 Å². The topological polar surface area (TPSA) is 30.2 Å². The molecule has 18 heavy (non-hydrogen) atoms. The molecule has 0 fully saturated rings. The van der Waals surface area contributed by atoms with Gasteiger partial charge in [0, 0.05) is 15.6 Å². The summed E-state index contributed by atoms with van der Waals surface area (Å²) in [6.07, 6.45) is 3.61. The average molecular weight is 356 g/mol. The number of aryl methyl sites for hydroxylation is 1. The second kappa shape index (κ2) is 5.87. The molecule has 0 aliphatic carbocycles. The minimum absolute atomic E-state index is 0.153. The van der Waals surface area contributed by atoms with Crippen molar-refractivity contribution in [1.82, 2.24) is 0 Å². The van der Waals surface area contributed by atoms with E-state index >= 15 is 0 Å². The molecule has 0 bridgehead atoms. The fourth-order valence-electron chi connectivity index (χ4n) is 2.18. The highest BCUT2D eigenvalue weighted by Gasteiger charge is 2.13. The van der Waals surface area contributed by atoms with E-state index in [0.717, 1.165) is 40.6 Å². The lowest BCUT2D eigenvalue weighted by molar-refractivity contribution is 0.519. The molecule has 96 valence electrons. The van der Waals surface area contributed by atoms with E-state index in [1.54, 1.807) is 0 Å². The molecule has 0 spiro atoms. The summed E-state index contributed by atoms with van der Waals surface area (Å²) in [5.41, 5.74) is 1.73. The Bertz CT molecular complexity index is 614. The lowest BCUT2D eigenvalue weighted by Crippen LogP contribution is -2.13. The van der Waals surface area contributed by atoms with E-state index in [1.807, 2.05) is 18.2 Å². The van der Waals surface area contributed by atoms with E-state index in [9.17, 15) is 4.79 Å². The smallest absolute Gasteiger partial charge is 0.196 e. The summed E-state index contributed by atoms with van der Waals surface area (Å²) in [6, 6.07) is 5.78. The summed E-state index contributed by atoms with van der Waals surface area (Å²) < 4.78 is 6.99. The lowest BCUT2D eigenvalue weighted by atomic mass is 10.0. The summed E-state index contributed by atoms with van der Waals surface area (Å²) in [4.78, 5) is 12.5. The van der Waals surface area contributed by atoms with E-state index in [4.69, 9.17) is 4.42 Å². The van der Waals surface area contributed by atoms with Gasteiger partial charge in [-0.2, -0.15) is 0 Å². The van der Waals surface area contributed by atoms with Gasteiger partial charge in [-0.3, -0.25) is 4.79 Å². The zero-order valence-electron chi connectivity index (χ0n) is 10.8. The first-order valence-corrected chi connectivity index (χ1v) is 7.49. The van der Waals surface area contributed by atoms with E-state index < -0.39 is 0 Å². The largest absolute Gasteiger partial charge is 0.461 e. The Morgan fingerprint density at radius 2 is 1.89 bits per heavy atom. The van der Waals surface area contributed by atoms with Crippen molar-refractivity contribution in [3.05, 3.63) is 43.3 Å². The Hall–Kier alpha value is -0.840. The maximum atomic E-state index is 12.5. The summed E-state index contributed by atoms with van der Waals surface area (Å²) in [5, 5.41) is 0.713. The summed E-state index contributed by atoms with van der Waals surface area (Å²) >= 11 is 2.22. The van der Waals surface area contributed by atoms with Gasteiger partial charge in [0.25, 0.3) is 0 Å². The molecule has 0 atom stereocenters. The zero-order chi connectivity index (χ0) is 13.1. The Labute approximate surface area is 121 Å². The van der Waals surface area contributed by atoms with E-state index in [0.29, 0.717) is 11.0 Å². The molecule has 0 saturated heterocycles. The molecule has 0 N–H and O–H groups in total. The van der Waals surface area contributed by atoms with Crippen LogP contribution in [0.5, 0.6) is 0 Å². The minimum Gasteiger partial charge on any atom is -0.461 e. The van der Waals surface area contributed by atoms with Crippen molar-refractivity contribution in [2.45, 2.75) is 39.5 Å². The molecular weight excluding hydrogens is 339 g/mol. The molecule has 0 radical (unpaired) electrons. The maximum absolute atomic E-state index is 12.5. The Morgan fingerprint density at radius 3 is 2.56 bits per heavy atom. The van der Waals surface area contributed by atoms with Gasteiger partial charge in [0.15, 0.2) is 5.43 Å². The van der Waals surface area contributed by atoms with Gasteiger partial charge in [-0.05, 0) is 53.6 Å². The number of halogens is 1. The van der Waals surface area contributed by atoms with Gasteiger partial charge in [0.05, 0.1) is 5.39 Å². The third kappa shape index (κ3) is 2.60. The number of benzene rings is 1. The number of hydrogen-bond donors (Lipinski definition) is 0. The molecule has 0 aliphatic heterocycles. The second-order valence-corrected chi connectivity index (χ2v) is 5.72. The Kier molecular flexibility index (Phi) is 4.43. The van der Waals surface area contributed by atoms with Gasteiger partial charge in [-0.25, -0.2) is 0 Å². The molecule has 2 rings (SSSR count). The van der Waals surface area contributed by atoms with Crippen LogP contribution in [0.3, 0.4) is 0 Å². The van der Waals surface area contributed by atoms with Crippen molar-refractivity contribution in [2.24, 2.45) is 0 Å². The van der Waals surface area contributed by atoms with Crippen LogP contribution in [0, 0.1) is 3.57 Å². The SMILES string of the molecule is CCCc1oc2ccc(I)cc2c(=O)c1CCC. The first-order valence-electron chi connectivity index (χ1n) is 6.41. The van der Waals surface area contributed by atoms with Crippen LogP contribution in [0.1, 0.15) is 38.0 Å². The molecule has 0 saturated carbocycles. The van der Waals surface area contributed by atoms with Crippen LogP contribution in [0.2, 0.25) is 0 Å². The molecule has 0 amide bonds. The van der Waals surface area contributed by atoms with E-state index in [2.05, 4.69) is 36.4 Å². The van der Waals surface area contributed by atoms with Crippen molar-refractivity contribution in [3.63, 3.8) is 0 Å². The van der Waals surface area contributed by atoms with Gasteiger partial charge in [-0.15, -0.1) is 0 Å². The third-order valence-electron chi connectivity index (χ3n) is 3.01. The van der Waals surface area contributed by atoms with Crippen LogP contribution in [0.4, 0.5) is 0 Å². The van der Waals surface area contributed by atoms with Crippen molar-refractivity contribution >= 4 is 33.6 Å². The quantitative estimate of drug-likeness (QED) is 0.765. The molecule has 3 heteroatoms. The van der Waals surface area contributed by atoms with Crippen molar-refractivity contribution in [1.29, 1.82) is 0 Å². The van der Waals surface area contributed by atoms with E-state index in [-0.39, 0.29) is 5.43 Å². The predicted octanol–water partition coefficient (Wildman–Crippen LogP) is 4.30. The minimum atomic E-state index is 0.153. The molecular formula is C15H17IO2. The highest BCUT2D eigenvalue weighted by molar-refractivity contribution is 14.1. The van der Waals surface area contributed by atoms with Crippen LogP contribution >= 0.6 is 22.6 Å². The average Bonchev–Trinajstić information content (AvgIpc) is 2.35. The fourth-order valence-corrected chi connectivity index (χ4v) is 2.68. The molecule has 1 aromatic heterocycles. The molecule has 0 aliphatic rings. The molecule has 2 nitrogen and oxygen atoms in total. The van der Waals surface area contributed by atoms with Gasteiger partial charge in [0.1, 0.15) is 11.3 Å². The second-order valence-electron chi connectivity index (χ2n) is 4.47. The Morgan fingerprint density at radius 1 is 1.17 bits per heavy atom. The van der Waals surface area contributed by atoms with Gasteiger partial charge in [-0.1, -0.05) is 20.3 Å². The van der Waals surface area contributed by atoms with E-state index in [1.165, 1.54) is 0 Å². The Balaban J connectivity index is 2.72. The lowest BCUT2D eigenvalue weighted by Gasteiger charge is -2.08. The van der Waals surface area contributed by atoms with Gasteiger partial charge in [0.2, 0.25) is 0 Å². The summed E-state index contributed by atoms with van der Waals surface area (Å²) in [6.45, 7) is 4.20. The molecule has 2 aromatic rings. The zero-order valence-corrected chi connectivity index (χ0v) is 12.9. The molecule has 1 aromatic carbocycles. The summed E-state index contributed by atoms with van der Waals surface area (Å²) in [7, 11) is 0. The summed E-state index contributed by atoms with van der Waals surface area (Å²) in [5.74, 6) is 0.873. The van der Waals surface area contributed by atoms with Crippen molar-refractivity contribution < 1.29 is 4.42 Å². The first-order chi connectivity index (χ1) is 8.67. The van der Waals surface area contributed by atoms with Crippen LogP contribution in [0.15, 0.2) is 27.4 Å². The van der Waals surface area contributed by atoms with Crippen molar-refractivity contribution in [3.8, 4) is 0 Å². The highest BCUT2D eigenvalue weighted by atomic mass is 127. The normalized spacial score (nSPS) is 11.1. The predicted molar refractivity (Wildman–Crippen MR) is 83.2 cm³/mol. The molecule has 0 unspecified atom stereocenters.